The fourth-order valence-corrected chi connectivity index (χ4v) is 1.48. The summed E-state index contributed by atoms with van der Waals surface area (Å²) < 4.78 is 0. The molecule has 0 heterocycles. The highest BCUT2D eigenvalue weighted by atomic mass is 16.4. The number of hydrogen-bond acceptors (Lipinski definition) is 2. The fraction of sp³-hybridized carbons (Fsp3) is 0.571. The Balaban J connectivity index is 3.21. The molecule has 0 saturated heterocycles. The van der Waals surface area contributed by atoms with Gasteiger partial charge in [-0.15, -0.1) is 0 Å². The van der Waals surface area contributed by atoms with Crippen LogP contribution in [-0.2, 0) is 9.59 Å². The quantitative estimate of drug-likeness (QED) is 0.438. The van der Waals surface area contributed by atoms with Crippen LogP contribution in [0.3, 0.4) is 0 Å². The van der Waals surface area contributed by atoms with Crippen LogP contribution in [0.1, 0.15) is 51.4 Å². The van der Waals surface area contributed by atoms with E-state index in [1.807, 2.05) is 12.2 Å². The van der Waals surface area contributed by atoms with Gasteiger partial charge in [-0.2, -0.15) is 0 Å². The van der Waals surface area contributed by atoms with Gasteiger partial charge in [-0.1, -0.05) is 37.1 Å². The molecule has 0 fully saturated rings. The lowest BCUT2D eigenvalue weighted by atomic mass is 10.1. The van der Waals surface area contributed by atoms with Crippen LogP contribution in [0.2, 0.25) is 0 Å². The molecule has 18 heavy (non-hydrogen) atoms. The first-order valence-corrected chi connectivity index (χ1v) is 6.36. The van der Waals surface area contributed by atoms with E-state index in [-0.39, 0.29) is 12.8 Å². The Bertz CT molecular complexity index is 262. The molecule has 0 rings (SSSR count). The summed E-state index contributed by atoms with van der Waals surface area (Å²) in [4.78, 5) is 20.4. The lowest BCUT2D eigenvalue weighted by Crippen LogP contribution is -1.89. The van der Waals surface area contributed by atoms with Gasteiger partial charge in [-0.05, 0) is 25.7 Å². The average molecular weight is 254 g/mol. The SMILES string of the molecule is O=C(O)CC=CCCCCCCC=CCC(=O)O. The molecule has 0 aliphatic carbocycles. The molecule has 0 aromatic carbocycles. The molecule has 0 spiro atoms. The Morgan fingerprint density at radius 3 is 1.39 bits per heavy atom. The zero-order valence-corrected chi connectivity index (χ0v) is 10.7. The number of rotatable bonds is 11. The fourth-order valence-electron chi connectivity index (χ4n) is 1.48. The minimum atomic E-state index is -0.792. The second-order valence-corrected chi connectivity index (χ2v) is 4.13. The van der Waals surface area contributed by atoms with Crippen LogP contribution in [-0.4, -0.2) is 22.2 Å². The van der Waals surface area contributed by atoms with Crippen molar-refractivity contribution < 1.29 is 19.8 Å². The number of allylic oxidation sites excluding steroid dienone is 2. The topological polar surface area (TPSA) is 74.6 Å². The number of carboxylic acid groups (broad SMARTS) is 2. The Morgan fingerprint density at radius 2 is 1.06 bits per heavy atom. The summed E-state index contributed by atoms with van der Waals surface area (Å²) in [7, 11) is 0. The van der Waals surface area contributed by atoms with Crippen molar-refractivity contribution in [2.24, 2.45) is 0 Å². The first kappa shape index (κ1) is 16.4. The summed E-state index contributed by atoms with van der Waals surface area (Å²) in [5.41, 5.74) is 0. The van der Waals surface area contributed by atoms with Crippen molar-refractivity contribution in [3.05, 3.63) is 24.3 Å². The maximum Gasteiger partial charge on any atom is 0.307 e. The predicted octanol–water partition coefficient (Wildman–Crippen LogP) is 3.39. The van der Waals surface area contributed by atoms with Crippen LogP contribution in [0.15, 0.2) is 24.3 Å². The molecular weight excluding hydrogens is 232 g/mol. The van der Waals surface area contributed by atoms with Crippen molar-refractivity contribution >= 4 is 11.9 Å². The molecule has 0 aliphatic heterocycles. The Hall–Kier alpha value is -1.58. The molecule has 102 valence electrons. The van der Waals surface area contributed by atoms with Gasteiger partial charge in [-0.25, -0.2) is 0 Å². The van der Waals surface area contributed by atoms with E-state index >= 15 is 0 Å². The second kappa shape index (κ2) is 11.9. The molecule has 0 bridgehead atoms. The summed E-state index contributed by atoms with van der Waals surface area (Å²) in [5, 5.41) is 16.8. The van der Waals surface area contributed by atoms with Crippen LogP contribution < -0.4 is 0 Å². The Kier molecular flexibility index (Phi) is 10.8. The number of carbonyl (C=O) groups is 2. The van der Waals surface area contributed by atoms with Gasteiger partial charge in [0.2, 0.25) is 0 Å². The van der Waals surface area contributed by atoms with Gasteiger partial charge in [-0.3, -0.25) is 9.59 Å². The van der Waals surface area contributed by atoms with E-state index < -0.39 is 11.9 Å². The maximum atomic E-state index is 10.2. The lowest BCUT2D eigenvalue weighted by Gasteiger charge is -1.96. The zero-order chi connectivity index (χ0) is 13.6. The smallest absolute Gasteiger partial charge is 0.307 e. The maximum absolute atomic E-state index is 10.2. The highest BCUT2D eigenvalue weighted by molar-refractivity contribution is 5.68. The van der Waals surface area contributed by atoms with Gasteiger partial charge < -0.3 is 10.2 Å². The van der Waals surface area contributed by atoms with Crippen molar-refractivity contribution in [1.29, 1.82) is 0 Å². The summed E-state index contributed by atoms with van der Waals surface area (Å²) in [6, 6.07) is 0. The third-order valence-corrected chi connectivity index (χ3v) is 2.41. The van der Waals surface area contributed by atoms with Gasteiger partial charge in [0.15, 0.2) is 0 Å². The van der Waals surface area contributed by atoms with Gasteiger partial charge in [0.25, 0.3) is 0 Å². The summed E-state index contributed by atoms with van der Waals surface area (Å²) >= 11 is 0. The van der Waals surface area contributed by atoms with Crippen molar-refractivity contribution in [2.45, 2.75) is 51.4 Å². The first-order valence-electron chi connectivity index (χ1n) is 6.36. The molecule has 0 radical (unpaired) electrons. The molecule has 4 heteroatoms. The normalized spacial score (nSPS) is 11.3. The van der Waals surface area contributed by atoms with E-state index in [4.69, 9.17) is 10.2 Å². The van der Waals surface area contributed by atoms with Crippen molar-refractivity contribution in [1.82, 2.24) is 0 Å². The molecule has 4 nitrogen and oxygen atoms in total. The molecule has 0 aromatic rings. The highest BCUT2D eigenvalue weighted by Gasteiger charge is 1.91. The van der Waals surface area contributed by atoms with Crippen molar-refractivity contribution in [2.75, 3.05) is 0 Å². The Morgan fingerprint density at radius 1 is 0.667 bits per heavy atom. The molecule has 0 unspecified atom stereocenters. The number of unbranched alkanes of at least 4 members (excludes halogenated alkanes) is 5. The van der Waals surface area contributed by atoms with Gasteiger partial charge in [0.1, 0.15) is 0 Å². The largest absolute Gasteiger partial charge is 0.481 e. The lowest BCUT2D eigenvalue weighted by molar-refractivity contribution is -0.137. The zero-order valence-electron chi connectivity index (χ0n) is 10.7. The standard InChI is InChI=1S/C14H22O4/c15-13(16)11-9-7-5-3-1-2-4-6-8-10-12-14(17)18/h7-10H,1-6,11-12H2,(H,15,16)(H,17,18). The number of aliphatic carboxylic acids is 2. The van der Waals surface area contributed by atoms with Gasteiger partial charge >= 0.3 is 11.9 Å². The molecule has 0 aliphatic rings. The minimum absolute atomic E-state index is 0.106. The monoisotopic (exact) mass is 254 g/mol. The van der Waals surface area contributed by atoms with Crippen molar-refractivity contribution in [3.8, 4) is 0 Å². The third-order valence-electron chi connectivity index (χ3n) is 2.41. The summed E-state index contributed by atoms with van der Waals surface area (Å²) in [6.45, 7) is 0. The molecule has 0 amide bonds. The molecular formula is C14H22O4. The molecule has 0 atom stereocenters. The predicted molar refractivity (Wildman–Crippen MR) is 70.5 cm³/mol. The summed E-state index contributed by atoms with van der Waals surface area (Å²) in [5.74, 6) is -1.58. The van der Waals surface area contributed by atoms with E-state index in [0.29, 0.717) is 0 Å². The number of carboxylic acids is 2. The van der Waals surface area contributed by atoms with Crippen LogP contribution in [0, 0.1) is 0 Å². The minimum Gasteiger partial charge on any atom is -0.481 e. The molecule has 2 N–H and O–H groups in total. The van der Waals surface area contributed by atoms with Crippen LogP contribution >= 0.6 is 0 Å². The second-order valence-electron chi connectivity index (χ2n) is 4.13. The van der Waals surface area contributed by atoms with E-state index in [1.165, 1.54) is 0 Å². The number of hydrogen-bond donors (Lipinski definition) is 2. The van der Waals surface area contributed by atoms with Gasteiger partial charge in [0, 0.05) is 0 Å². The Labute approximate surface area is 108 Å². The van der Waals surface area contributed by atoms with E-state index in [1.54, 1.807) is 12.2 Å². The van der Waals surface area contributed by atoms with Gasteiger partial charge in [0.05, 0.1) is 12.8 Å². The van der Waals surface area contributed by atoms with E-state index in [2.05, 4.69) is 0 Å². The molecule has 0 saturated carbocycles. The van der Waals surface area contributed by atoms with E-state index in [9.17, 15) is 9.59 Å². The van der Waals surface area contributed by atoms with Crippen molar-refractivity contribution in [3.63, 3.8) is 0 Å². The van der Waals surface area contributed by atoms with Crippen LogP contribution in [0.4, 0.5) is 0 Å². The summed E-state index contributed by atoms with van der Waals surface area (Å²) in [6.07, 6.45) is 13.7. The average Bonchev–Trinajstić information content (AvgIpc) is 2.29. The third kappa shape index (κ3) is 14.4. The highest BCUT2D eigenvalue weighted by Crippen LogP contribution is 2.06. The van der Waals surface area contributed by atoms with E-state index in [0.717, 1.165) is 38.5 Å². The van der Waals surface area contributed by atoms with Crippen LogP contribution in [0.25, 0.3) is 0 Å². The first-order chi connectivity index (χ1) is 8.63. The van der Waals surface area contributed by atoms with Crippen LogP contribution in [0.5, 0.6) is 0 Å². The molecule has 0 aromatic heterocycles.